The van der Waals surface area contributed by atoms with Crippen molar-refractivity contribution in [2.45, 2.75) is 33.2 Å². The Hall–Kier alpha value is -3.87. The van der Waals surface area contributed by atoms with Gasteiger partial charge >= 0.3 is 19.8 Å². The minimum absolute atomic E-state index is 0.0321. The number of hydrogen-bond donors (Lipinski definition) is 4. The van der Waals surface area contributed by atoms with E-state index >= 15 is 0 Å². The molecule has 0 bridgehead atoms. The number of carbonyl (C=O) groups is 2. The summed E-state index contributed by atoms with van der Waals surface area (Å²) < 4.78 is 55.4. The van der Waals surface area contributed by atoms with Gasteiger partial charge in [-0.25, -0.2) is 14.2 Å². The van der Waals surface area contributed by atoms with Gasteiger partial charge in [-0.1, -0.05) is 12.1 Å². The number of fused-ring (bicyclic) bond motifs is 2. The first-order valence-corrected chi connectivity index (χ1v) is 15.4. The van der Waals surface area contributed by atoms with Gasteiger partial charge in [0.1, 0.15) is 18.0 Å². The van der Waals surface area contributed by atoms with Crippen LogP contribution in [0.5, 0.6) is 11.5 Å². The summed E-state index contributed by atoms with van der Waals surface area (Å²) in [6, 6.07) is 13.8. The number of carboxylic acids is 1. The van der Waals surface area contributed by atoms with Gasteiger partial charge < -0.3 is 14.4 Å². The first-order chi connectivity index (χ1) is 19.1. The Morgan fingerprint density at radius 1 is 0.927 bits per heavy atom. The molecule has 1 heterocycles. The van der Waals surface area contributed by atoms with Gasteiger partial charge in [0.15, 0.2) is 0 Å². The predicted octanol–water partition coefficient (Wildman–Crippen LogP) is 3.95. The van der Waals surface area contributed by atoms with E-state index in [-0.39, 0.29) is 41.0 Å². The largest absolute Gasteiger partial charge is 0.524 e. The van der Waals surface area contributed by atoms with Crippen molar-refractivity contribution < 1.29 is 55.8 Å². The third-order valence-electron chi connectivity index (χ3n) is 6.36. The highest BCUT2D eigenvalue weighted by Gasteiger charge is 2.28. The zero-order chi connectivity index (χ0) is 30.1. The number of nitrogens with zero attached hydrogens (tertiary/aromatic N) is 1. The maximum Gasteiger partial charge on any atom is 0.524 e. The molecule has 12 nitrogen and oxygen atoms in total. The summed E-state index contributed by atoms with van der Waals surface area (Å²) in [5, 5.41) is 10.0. The molecule has 0 saturated heterocycles. The van der Waals surface area contributed by atoms with Crippen molar-refractivity contribution in [3.05, 3.63) is 76.9 Å². The lowest BCUT2D eigenvalue weighted by atomic mass is 10.0. The molecule has 1 aromatic heterocycles. The molecule has 4 rings (SSSR count). The zero-order valence-corrected chi connectivity index (χ0v) is 23.7. The van der Waals surface area contributed by atoms with Gasteiger partial charge in [-0.05, 0) is 61.7 Å². The lowest BCUT2D eigenvalue weighted by molar-refractivity contribution is -0.645. The van der Waals surface area contributed by atoms with Gasteiger partial charge in [0.25, 0.3) is 10.1 Å². The monoisotopic (exact) mass is 604 g/mol. The average molecular weight is 605 g/mol. The first-order valence-electron chi connectivity index (χ1n) is 12.3. The summed E-state index contributed by atoms with van der Waals surface area (Å²) in [7, 11) is -9.08. The Morgan fingerprint density at radius 3 is 2.17 bits per heavy atom. The number of carbonyl (C=O) groups excluding carboxylic acids is 1. The van der Waals surface area contributed by atoms with Crippen molar-refractivity contribution in [1.29, 1.82) is 0 Å². The van der Waals surface area contributed by atoms with Crippen LogP contribution in [0, 0.1) is 13.8 Å². The number of phosphoric acid groups is 1. The zero-order valence-electron chi connectivity index (χ0n) is 22.0. The van der Waals surface area contributed by atoms with Gasteiger partial charge in [0.05, 0.1) is 27.7 Å². The molecule has 0 fully saturated rings. The molecule has 0 spiro atoms. The molecule has 14 heteroatoms. The molecule has 4 aromatic rings. The molecular formula is C27H27NO11PS+. The van der Waals surface area contributed by atoms with Crippen molar-refractivity contribution in [3.63, 3.8) is 0 Å². The number of benzene rings is 3. The highest BCUT2D eigenvalue weighted by Crippen LogP contribution is 2.39. The quantitative estimate of drug-likeness (QED) is 0.0390. The standard InChI is InChI=1S/C27H26NO11PS/c1-16-13-18(26(29)30)14-17(2)25(16)38-27(31)24-20-7-3-4-8-22(20)28(11-5-6-12-41(35,36)37)23-10-9-19(15-21(23)24)39-40(32,33)34/h3-4,7-10,13-15H,5-6,11-12H2,1-2H3,(H3-,29,30,32,33,34,35,36,37)/p+1. The van der Waals surface area contributed by atoms with Crippen LogP contribution in [0.1, 0.15) is 44.7 Å². The van der Waals surface area contributed by atoms with Crippen molar-refractivity contribution in [2.75, 3.05) is 5.75 Å². The number of esters is 1. The fraction of sp³-hybridized carbons (Fsp3) is 0.222. The molecule has 0 radical (unpaired) electrons. The van der Waals surface area contributed by atoms with E-state index in [1.54, 1.807) is 38.1 Å². The highest BCUT2D eigenvalue weighted by molar-refractivity contribution is 7.85. The number of carboxylic acid groups (broad SMARTS) is 1. The van der Waals surface area contributed by atoms with Crippen LogP contribution in [0.25, 0.3) is 21.8 Å². The van der Waals surface area contributed by atoms with Crippen LogP contribution in [0.15, 0.2) is 54.6 Å². The van der Waals surface area contributed by atoms with Gasteiger partial charge in [-0.15, -0.1) is 0 Å². The number of aromatic nitrogens is 1. The number of rotatable bonds is 10. The minimum atomic E-state index is -4.93. The highest BCUT2D eigenvalue weighted by atomic mass is 32.2. The lowest BCUT2D eigenvalue weighted by Crippen LogP contribution is -2.37. The maximum atomic E-state index is 13.8. The molecule has 4 N–H and O–H groups in total. The number of hydrogen-bond acceptors (Lipinski definition) is 7. The normalized spacial score (nSPS) is 12.0. The summed E-state index contributed by atoms with van der Waals surface area (Å²) in [5.41, 5.74) is 2.00. The Bertz CT molecular complexity index is 1820. The van der Waals surface area contributed by atoms with Gasteiger partial charge in [0.2, 0.25) is 11.0 Å². The van der Waals surface area contributed by atoms with E-state index in [0.29, 0.717) is 34.0 Å². The van der Waals surface area contributed by atoms with Crippen molar-refractivity contribution in [3.8, 4) is 11.5 Å². The summed E-state index contributed by atoms with van der Waals surface area (Å²) in [5.74, 6) is -2.39. The van der Waals surface area contributed by atoms with Gasteiger partial charge in [-0.2, -0.15) is 13.0 Å². The third-order valence-corrected chi connectivity index (χ3v) is 7.61. The van der Waals surface area contributed by atoms with Crippen LogP contribution in [-0.2, 0) is 21.2 Å². The number of pyridine rings is 1. The van der Waals surface area contributed by atoms with E-state index in [1.807, 2.05) is 4.57 Å². The Balaban J connectivity index is 1.90. The van der Waals surface area contributed by atoms with Gasteiger partial charge in [-0.3, -0.25) is 14.3 Å². The van der Waals surface area contributed by atoms with Crippen LogP contribution in [0.3, 0.4) is 0 Å². The third kappa shape index (κ3) is 7.07. The van der Waals surface area contributed by atoms with Crippen LogP contribution in [-0.4, -0.2) is 45.6 Å². The molecule has 0 aliphatic carbocycles. The van der Waals surface area contributed by atoms with Crippen molar-refractivity contribution in [1.82, 2.24) is 0 Å². The number of unbranched alkanes of at least 4 members (excludes halogenated alkanes) is 1. The maximum absolute atomic E-state index is 13.8. The van der Waals surface area contributed by atoms with E-state index in [9.17, 15) is 37.5 Å². The second kappa shape index (κ2) is 11.6. The molecule has 3 aromatic carbocycles. The van der Waals surface area contributed by atoms with E-state index in [1.165, 1.54) is 30.3 Å². The van der Waals surface area contributed by atoms with Crippen LogP contribution >= 0.6 is 7.82 Å². The van der Waals surface area contributed by atoms with Crippen molar-refractivity contribution >= 4 is 51.7 Å². The molecule has 0 saturated carbocycles. The van der Waals surface area contributed by atoms with Crippen LogP contribution in [0.2, 0.25) is 0 Å². The van der Waals surface area contributed by atoms with Gasteiger partial charge in [0, 0.05) is 18.6 Å². The van der Waals surface area contributed by atoms with E-state index in [0.717, 1.165) is 0 Å². The molecule has 0 amide bonds. The molecule has 0 aliphatic rings. The summed E-state index contributed by atoms with van der Waals surface area (Å²) in [6.07, 6.45) is 0.512. The van der Waals surface area contributed by atoms with Crippen LogP contribution < -0.4 is 13.8 Å². The topological polar surface area (TPSA) is 189 Å². The minimum Gasteiger partial charge on any atom is -0.478 e. The Kier molecular flexibility index (Phi) is 8.48. The smallest absolute Gasteiger partial charge is 0.478 e. The van der Waals surface area contributed by atoms with Crippen molar-refractivity contribution in [2.24, 2.45) is 0 Å². The Morgan fingerprint density at radius 2 is 1.56 bits per heavy atom. The molecule has 0 atom stereocenters. The molecule has 0 unspecified atom stereocenters. The number of para-hydroxylation sites is 1. The lowest BCUT2D eigenvalue weighted by Gasteiger charge is -2.15. The number of phosphoric ester groups is 1. The summed E-state index contributed by atoms with van der Waals surface area (Å²) in [4.78, 5) is 44.0. The first kappa shape index (κ1) is 30.1. The Labute approximate surface area is 234 Å². The predicted molar refractivity (Wildman–Crippen MR) is 148 cm³/mol. The number of aromatic carboxylic acids is 1. The fourth-order valence-corrected chi connectivity index (χ4v) is 5.69. The second-order valence-corrected chi connectivity index (χ2v) is 12.2. The SMILES string of the molecule is Cc1cc(C(=O)O)cc(C)c1OC(=O)c1c2ccccc2[n+](CCCCS(=O)(=O)O)c2ccc(OP(=O)(O)O)cc12. The molecule has 41 heavy (non-hydrogen) atoms. The fourth-order valence-electron chi connectivity index (χ4n) is 4.73. The van der Waals surface area contributed by atoms with Crippen LogP contribution in [0.4, 0.5) is 0 Å². The van der Waals surface area contributed by atoms with E-state index in [2.05, 4.69) is 0 Å². The van der Waals surface area contributed by atoms with E-state index in [4.69, 9.17) is 13.8 Å². The molecule has 0 aliphatic heterocycles. The summed E-state index contributed by atoms with van der Waals surface area (Å²) >= 11 is 0. The molecular weight excluding hydrogens is 577 g/mol. The van der Waals surface area contributed by atoms with E-state index < -0.39 is 35.6 Å². The number of aryl methyl sites for hydroxylation is 3. The number of ether oxygens (including phenoxy) is 1. The average Bonchev–Trinajstić information content (AvgIpc) is 2.86. The second-order valence-electron chi connectivity index (χ2n) is 9.43. The molecule has 216 valence electrons. The summed E-state index contributed by atoms with van der Waals surface area (Å²) in [6.45, 7) is 3.50.